The number of halogens is 1. The molecule has 0 N–H and O–H groups in total. The number of non-ortho nitro benzene ring substituents is 1. The summed E-state index contributed by atoms with van der Waals surface area (Å²) in [5.74, 6) is 2.40. The maximum atomic E-state index is 11.4. The number of hydrogen-bond donors (Lipinski definition) is 0. The van der Waals surface area contributed by atoms with Gasteiger partial charge < -0.3 is 9.47 Å². The summed E-state index contributed by atoms with van der Waals surface area (Å²) in [5.41, 5.74) is 1.68. The minimum Gasteiger partial charge on any atom is -0.488 e. The molecule has 0 saturated heterocycles. The summed E-state index contributed by atoms with van der Waals surface area (Å²) < 4.78 is 11.4. The molecule has 0 aliphatic carbocycles. The Morgan fingerprint density at radius 2 is 2.00 bits per heavy atom. The van der Waals surface area contributed by atoms with Crippen LogP contribution in [-0.4, -0.2) is 17.5 Å². The molecule has 132 valence electrons. The second-order valence-corrected chi connectivity index (χ2v) is 6.21. The number of carbonyl (C=O) groups excluding carboxylic acids is 1. The Kier molecular flexibility index (Phi) is 7.17. The van der Waals surface area contributed by atoms with Gasteiger partial charge in [-0.05, 0) is 64.1 Å². The van der Waals surface area contributed by atoms with Crippen molar-refractivity contribution in [3.05, 3.63) is 73.4 Å². The van der Waals surface area contributed by atoms with Crippen LogP contribution in [0, 0.1) is 26.0 Å². The number of carbonyl (C=O) groups is 1. The molecule has 0 unspecified atom stereocenters. The Hall–Kier alpha value is -2.86. The number of terminal acetylenes is 1. The van der Waals surface area contributed by atoms with Crippen LogP contribution in [0.1, 0.15) is 11.1 Å². The van der Waals surface area contributed by atoms with Crippen molar-refractivity contribution in [2.75, 3.05) is 6.61 Å². The van der Waals surface area contributed by atoms with Crippen LogP contribution >= 0.6 is 22.6 Å². The summed E-state index contributed by atoms with van der Waals surface area (Å²) in [7, 11) is 0. The normalized spacial score (nSPS) is 10.3. The summed E-state index contributed by atoms with van der Waals surface area (Å²) in [6.45, 7) is 0.234. The van der Waals surface area contributed by atoms with E-state index in [1.807, 2.05) is 6.07 Å². The molecule has 7 heteroatoms. The zero-order valence-corrected chi connectivity index (χ0v) is 15.7. The lowest BCUT2D eigenvalue weighted by Gasteiger charge is -2.09. The van der Waals surface area contributed by atoms with E-state index < -0.39 is 10.9 Å². The largest absolute Gasteiger partial charge is 0.488 e. The van der Waals surface area contributed by atoms with Gasteiger partial charge in [0, 0.05) is 18.2 Å². The highest BCUT2D eigenvalue weighted by molar-refractivity contribution is 14.1. The first-order valence-corrected chi connectivity index (χ1v) is 8.51. The SMILES string of the molecule is C#CCOC(=O)/C=C/c1ccc(OCc2ccc([N+](=O)[O-])cc2)c(I)c1. The molecule has 2 rings (SSSR count). The van der Waals surface area contributed by atoms with E-state index in [0.717, 1.165) is 14.7 Å². The minimum absolute atomic E-state index is 0.0419. The van der Waals surface area contributed by atoms with E-state index in [1.54, 1.807) is 30.3 Å². The van der Waals surface area contributed by atoms with Crippen molar-refractivity contribution in [2.45, 2.75) is 6.61 Å². The number of ether oxygens (including phenoxy) is 2. The van der Waals surface area contributed by atoms with E-state index in [2.05, 4.69) is 28.5 Å². The van der Waals surface area contributed by atoms with Crippen LogP contribution in [0.15, 0.2) is 48.5 Å². The first-order chi connectivity index (χ1) is 12.5. The first kappa shape index (κ1) is 19.5. The van der Waals surface area contributed by atoms with Crippen LogP contribution < -0.4 is 4.74 Å². The monoisotopic (exact) mass is 463 g/mol. The van der Waals surface area contributed by atoms with Crippen molar-refractivity contribution in [1.29, 1.82) is 0 Å². The van der Waals surface area contributed by atoms with Gasteiger partial charge in [-0.15, -0.1) is 6.42 Å². The van der Waals surface area contributed by atoms with Crippen LogP contribution in [0.25, 0.3) is 6.08 Å². The van der Waals surface area contributed by atoms with Gasteiger partial charge in [0.05, 0.1) is 8.49 Å². The molecule has 2 aromatic rings. The Bertz CT molecular complexity index is 868. The predicted octanol–water partition coefficient (Wildman–Crippen LogP) is 3.97. The highest BCUT2D eigenvalue weighted by Gasteiger charge is 2.06. The molecule has 0 fully saturated rings. The molecule has 0 saturated carbocycles. The molecule has 2 aromatic carbocycles. The molecule has 26 heavy (non-hydrogen) atoms. The molecule has 0 aliphatic rings. The quantitative estimate of drug-likeness (QED) is 0.155. The van der Waals surface area contributed by atoms with Crippen LogP contribution in [0.4, 0.5) is 5.69 Å². The Balaban J connectivity index is 1.96. The van der Waals surface area contributed by atoms with E-state index in [-0.39, 0.29) is 12.3 Å². The average Bonchev–Trinajstić information content (AvgIpc) is 2.64. The van der Waals surface area contributed by atoms with Gasteiger partial charge in [-0.2, -0.15) is 0 Å². The summed E-state index contributed by atoms with van der Waals surface area (Å²) >= 11 is 2.13. The summed E-state index contributed by atoms with van der Waals surface area (Å²) in [5, 5.41) is 10.6. The summed E-state index contributed by atoms with van der Waals surface area (Å²) in [4.78, 5) is 21.6. The van der Waals surface area contributed by atoms with Crippen molar-refractivity contribution in [3.63, 3.8) is 0 Å². The number of hydrogen-bond acceptors (Lipinski definition) is 5. The van der Waals surface area contributed by atoms with E-state index in [9.17, 15) is 14.9 Å². The van der Waals surface area contributed by atoms with Crippen molar-refractivity contribution < 1.29 is 19.2 Å². The van der Waals surface area contributed by atoms with Gasteiger partial charge in [0.2, 0.25) is 0 Å². The van der Waals surface area contributed by atoms with Crippen LogP contribution in [0.3, 0.4) is 0 Å². The highest BCUT2D eigenvalue weighted by atomic mass is 127. The molecular formula is C19H14INO5. The fourth-order valence-corrected chi connectivity index (χ4v) is 2.63. The van der Waals surface area contributed by atoms with Crippen LogP contribution in [0.5, 0.6) is 5.75 Å². The third kappa shape index (κ3) is 5.89. The van der Waals surface area contributed by atoms with Gasteiger partial charge in [-0.3, -0.25) is 10.1 Å². The number of benzene rings is 2. The fraction of sp³-hybridized carbons (Fsp3) is 0.105. The summed E-state index contributed by atoms with van der Waals surface area (Å²) in [6.07, 6.45) is 7.95. The average molecular weight is 463 g/mol. The Morgan fingerprint density at radius 1 is 1.27 bits per heavy atom. The number of nitro benzene ring substituents is 1. The lowest BCUT2D eigenvalue weighted by molar-refractivity contribution is -0.384. The molecule has 0 bridgehead atoms. The van der Waals surface area contributed by atoms with E-state index in [4.69, 9.17) is 15.9 Å². The number of nitrogens with zero attached hydrogens (tertiary/aromatic N) is 1. The Labute approximate surface area is 164 Å². The van der Waals surface area contributed by atoms with Gasteiger partial charge in [-0.25, -0.2) is 4.79 Å². The lowest BCUT2D eigenvalue weighted by atomic mass is 10.2. The van der Waals surface area contributed by atoms with E-state index in [0.29, 0.717) is 12.4 Å². The third-order valence-electron chi connectivity index (χ3n) is 3.21. The molecule has 0 aromatic heterocycles. The molecule has 0 amide bonds. The van der Waals surface area contributed by atoms with Crippen molar-refractivity contribution in [2.24, 2.45) is 0 Å². The molecule has 6 nitrogen and oxygen atoms in total. The topological polar surface area (TPSA) is 78.7 Å². The third-order valence-corrected chi connectivity index (χ3v) is 4.05. The fourth-order valence-electron chi connectivity index (χ4n) is 1.94. The van der Waals surface area contributed by atoms with Gasteiger partial charge in [-0.1, -0.05) is 12.0 Å². The number of nitro groups is 1. The molecule has 0 spiro atoms. The summed E-state index contributed by atoms with van der Waals surface area (Å²) in [6, 6.07) is 11.6. The van der Waals surface area contributed by atoms with Gasteiger partial charge in [0.25, 0.3) is 5.69 Å². The first-order valence-electron chi connectivity index (χ1n) is 7.43. The van der Waals surface area contributed by atoms with E-state index >= 15 is 0 Å². The lowest BCUT2D eigenvalue weighted by Crippen LogP contribution is -2.00. The van der Waals surface area contributed by atoms with E-state index in [1.165, 1.54) is 18.2 Å². The molecule has 0 radical (unpaired) electrons. The second kappa shape index (κ2) is 9.58. The second-order valence-electron chi connectivity index (χ2n) is 5.05. The molecule has 0 aliphatic heterocycles. The standard InChI is InChI=1S/C19H14INO5/c1-2-11-25-19(22)10-6-14-5-9-18(17(20)12-14)26-13-15-3-7-16(8-4-15)21(23)24/h1,3-10,12H,11,13H2/b10-6+. The maximum Gasteiger partial charge on any atom is 0.331 e. The maximum absolute atomic E-state index is 11.4. The number of rotatable bonds is 7. The van der Waals surface area contributed by atoms with Gasteiger partial charge in [0.1, 0.15) is 12.4 Å². The number of esters is 1. The zero-order chi connectivity index (χ0) is 18.9. The molecular weight excluding hydrogens is 449 g/mol. The zero-order valence-electron chi connectivity index (χ0n) is 13.6. The van der Waals surface area contributed by atoms with Crippen LogP contribution in [-0.2, 0) is 16.1 Å². The molecule has 0 atom stereocenters. The predicted molar refractivity (Wildman–Crippen MR) is 105 cm³/mol. The molecule has 0 heterocycles. The highest BCUT2D eigenvalue weighted by Crippen LogP contribution is 2.24. The van der Waals surface area contributed by atoms with Crippen molar-refractivity contribution >= 4 is 40.3 Å². The van der Waals surface area contributed by atoms with Gasteiger partial charge >= 0.3 is 5.97 Å². The van der Waals surface area contributed by atoms with Crippen molar-refractivity contribution in [1.82, 2.24) is 0 Å². The smallest absolute Gasteiger partial charge is 0.331 e. The van der Waals surface area contributed by atoms with Gasteiger partial charge in [0.15, 0.2) is 6.61 Å². The van der Waals surface area contributed by atoms with Crippen LogP contribution in [0.2, 0.25) is 0 Å². The Morgan fingerprint density at radius 3 is 2.62 bits per heavy atom. The minimum atomic E-state index is -0.503. The van der Waals surface area contributed by atoms with Crippen molar-refractivity contribution in [3.8, 4) is 18.1 Å².